The molecule has 0 fully saturated rings. The van der Waals surface area contributed by atoms with E-state index in [1.807, 2.05) is 6.07 Å². The highest BCUT2D eigenvalue weighted by molar-refractivity contribution is 7.92. The van der Waals surface area contributed by atoms with Crippen LogP contribution in [-0.2, 0) is 10.0 Å². The summed E-state index contributed by atoms with van der Waals surface area (Å²) in [5, 5.41) is 8.83. The molecule has 6 nitrogen and oxygen atoms in total. The van der Waals surface area contributed by atoms with E-state index < -0.39 is 10.0 Å². The number of anilines is 2. The lowest BCUT2D eigenvalue weighted by atomic mass is 10.2. The topological polar surface area (TPSA) is 105 Å². The molecular formula is C14H13N3O3S. The lowest BCUT2D eigenvalue weighted by Gasteiger charge is -2.12. The first kappa shape index (κ1) is 14.7. The number of methoxy groups -OCH3 is 1. The minimum Gasteiger partial charge on any atom is -0.495 e. The third kappa shape index (κ3) is 3.24. The normalized spacial score (nSPS) is 10.7. The number of nitrogens with one attached hydrogen (secondary N) is 1. The summed E-state index contributed by atoms with van der Waals surface area (Å²) in [4.78, 5) is -0.00831. The molecule has 0 spiro atoms. The van der Waals surface area contributed by atoms with Crippen LogP contribution in [0.4, 0.5) is 11.4 Å². The lowest BCUT2D eigenvalue weighted by Crippen LogP contribution is -2.14. The first-order chi connectivity index (χ1) is 9.96. The van der Waals surface area contributed by atoms with Crippen LogP contribution in [0.25, 0.3) is 0 Å². The molecule has 0 aliphatic rings. The van der Waals surface area contributed by atoms with Crippen LogP contribution in [-0.4, -0.2) is 15.5 Å². The minimum atomic E-state index is -3.83. The highest BCUT2D eigenvalue weighted by Crippen LogP contribution is 2.28. The molecule has 21 heavy (non-hydrogen) atoms. The van der Waals surface area contributed by atoms with Crippen molar-refractivity contribution in [2.24, 2.45) is 0 Å². The van der Waals surface area contributed by atoms with Crippen LogP contribution in [0.3, 0.4) is 0 Å². The summed E-state index contributed by atoms with van der Waals surface area (Å²) in [6.07, 6.45) is 0. The van der Waals surface area contributed by atoms with E-state index in [4.69, 9.17) is 15.7 Å². The maximum Gasteiger partial charge on any atom is 0.262 e. The predicted molar refractivity (Wildman–Crippen MR) is 79.4 cm³/mol. The first-order valence-corrected chi connectivity index (χ1v) is 7.41. The average molecular weight is 303 g/mol. The Morgan fingerprint density at radius 3 is 2.67 bits per heavy atom. The number of nitrogen functional groups attached to an aromatic ring is 1. The molecule has 0 aliphatic heterocycles. The van der Waals surface area contributed by atoms with Crippen molar-refractivity contribution < 1.29 is 13.2 Å². The molecule has 0 amide bonds. The maximum absolute atomic E-state index is 12.3. The fourth-order valence-corrected chi connectivity index (χ4v) is 2.85. The van der Waals surface area contributed by atoms with Crippen LogP contribution in [0, 0.1) is 11.3 Å². The molecule has 0 atom stereocenters. The smallest absolute Gasteiger partial charge is 0.262 e. The van der Waals surface area contributed by atoms with Gasteiger partial charge in [-0.2, -0.15) is 5.26 Å². The summed E-state index contributed by atoms with van der Waals surface area (Å²) in [5.41, 5.74) is 6.55. The molecule has 0 unspecified atom stereocenters. The fourth-order valence-electron chi connectivity index (χ4n) is 1.74. The summed E-state index contributed by atoms with van der Waals surface area (Å²) < 4.78 is 32.2. The van der Waals surface area contributed by atoms with Gasteiger partial charge in [-0.15, -0.1) is 0 Å². The van der Waals surface area contributed by atoms with Gasteiger partial charge in [-0.05, 0) is 36.4 Å². The zero-order valence-corrected chi connectivity index (χ0v) is 12.0. The van der Waals surface area contributed by atoms with Crippen LogP contribution < -0.4 is 15.2 Å². The van der Waals surface area contributed by atoms with Crippen LogP contribution >= 0.6 is 0 Å². The molecule has 2 aromatic carbocycles. The number of nitriles is 1. The van der Waals surface area contributed by atoms with Gasteiger partial charge in [0.05, 0.1) is 29.3 Å². The van der Waals surface area contributed by atoms with E-state index in [1.165, 1.54) is 37.4 Å². The van der Waals surface area contributed by atoms with Gasteiger partial charge >= 0.3 is 0 Å². The molecule has 7 heteroatoms. The van der Waals surface area contributed by atoms with E-state index in [0.717, 1.165) is 0 Å². The Labute approximate surface area is 122 Å². The van der Waals surface area contributed by atoms with Gasteiger partial charge in [0.2, 0.25) is 0 Å². The Bertz CT molecular complexity index is 810. The number of nitrogens with two attached hydrogens (primary N) is 1. The Hall–Kier alpha value is -2.72. The maximum atomic E-state index is 12.3. The Balaban J connectivity index is 2.42. The molecule has 0 radical (unpaired) electrons. The van der Waals surface area contributed by atoms with Gasteiger partial charge < -0.3 is 10.5 Å². The second kappa shape index (κ2) is 5.73. The highest BCUT2D eigenvalue weighted by atomic mass is 32.2. The number of nitrogens with zero attached hydrogens (tertiary/aromatic N) is 1. The van der Waals surface area contributed by atoms with Gasteiger partial charge in [0, 0.05) is 5.69 Å². The third-order valence-corrected chi connectivity index (χ3v) is 4.10. The second-order valence-corrected chi connectivity index (χ2v) is 5.89. The molecule has 2 aromatic rings. The van der Waals surface area contributed by atoms with Crippen LogP contribution in [0.15, 0.2) is 47.4 Å². The van der Waals surface area contributed by atoms with Crippen molar-refractivity contribution in [1.29, 1.82) is 5.26 Å². The lowest BCUT2D eigenvalue weighted by molar-refractivity contribution is 0.417. The van der Waals surface area contributed by atoms with E-state index in [9.17, 15) is 8.42 Å². The number of sulfonamides is 1. The second-order valence-electron chi connectivity index (χ2n) is 4.20. The number of hydrogen-bond donors (Lipinski definition) is 2. The van der Waals surface area contributed by atoms with Gasteiger partial charge in [-0.3, -0.25) is 4.72 Å². The minimum absolute atomic E-state index is 0.00831. The Morgan fingerprint density at radius 2 is 2.00 bits per heavy atom. The van der Waals surface area contributed by atoms with Crippen LogP contribution in [0.2, 0.25) is 0 Å². The molecule has 0 aromatic heterocycles. The average Bonchev–Trinajstić information content (AvgIpc) is 2.47. The molecule has 3 N–H and O–H groups in total. The van der Waals surface area contributed by atoms with Crippen molar-refractivity contribution in [3.8, 4) is 11.8 Å². The fraction of sp³-hybridized carbons (Fsp3) is 0.0714. The van der Waals surface area contributed by atoms with Crippen molar-refractivity contribution in [1.82, 2.24) is 0 Å². The molecular weight excluding hydrogens is 290 g/mol. The molecule has 0 heterocycles. The third-order valence-electron chi connectivity index (χ3n) is 2.74. The molecule has 0 aliphatic carbocycles. The predicted octanol–water partition coefficient (Wildman–Crippen LogP) is 1.95. The van der Waals surface area contributed by atoms with Crippen molar-refractivity contribution >= 4 is 21.4 Å². The van der Waals surface area contributed by atoms with Gasteiger partial charge in [-0.25, -0.2) is 8.42 Å². The van der Waals surface area contributed by atoms with Gasteiger partial charge in [0.15, 0.2) is 0 Å². The molecule has 2 rings (SSSR count). The summed E-state index contributed by atoms with van der Waals surface area (Å²) in [5.74, 6) is 0.351. The molecule has 0 saturated heterocycles. The van der Waals surface area contributed by atoms with E-state index in [-0.39, 0.29) is 16.1 Å². The van der Waals surface area contributed by atoms with Gasteiger partial charge in [-0.1, -0.05) is 6.07 Å². The SMILES string of the molecule is COc1ccc(N)cc1NS(=O)(=O)c1cccc(C#N)c1. The zero-order valence-electron chi connectivity index (χ0n) is 11.2. The monoisotopic (exact) mass is 303 g/mol. The van der Waals surface area contributed by atoms with E-state index in [2.05, 4.69) is 4.72 Å². The summed E-state index contributed by atoms with van der Waals surface area (Å²) in [6.45, 7) is 0. The number of ether oxygens (including phenoxy) is 1. The van der Waals surface area contributed by atoms with E-state index in [0.29, 0.717) is 11.4 Å². The van der Waals surface area contributed by atoms with Gasteiger partial charge in [0.1, 0.15) is 5.75 Å². The number of hydrogen-bond acceptors (Lipinski definition) is 5. The largest absolute Gasteiger partial charge is 0.495 e. The molecule has 0 bridgehead atoms. The Morgan fingerprint density at radius 1 is 1.24 bits per heavy atom. The van der Waals surface area contributed by atoms with Crippen molar-refractivity contribution in [2.45, 2.75) is 4.90 Å². The summed E-state index contributed by atoms with van der Waals surface area (Å²) in [6, 6.07) is 12.3. The summed E-state index contributed by atoms with van der Waals surface area (Å²) in [7, 11) is -2.40. The Kier molecular flexibility index (Phi) is 4.00. The molecule has 0 saturated carbocycles. The standard InChI is InChI=1S/C14H13N3O3S/c1-20-14-6-5-11(16)8-13(14)17-21(18,19)12-4-2-3-10(7-12)9-15/h2-8,17H,16H2,1H3. The van der Waals surface area contributed by atoms with E-state index >= 15 is 0 Å². The van der Waals surface area contributed by atoms with Crippen molar-refractivity contribution in [2.75, 3.05) is 17.6 Å². The molecule has 108 valence electrons. The van der Waals surface area contributed by atoms with Gasteiger partial charge in [0.25, 0.3) is 10.0 Å². The van der Waals surface area contributed by atoms with E-state index in [1.54, 1.807) is 12.1 Å². The van der Waals surface area contributed by atoms with Crippen LogP contribution in [0.5, 0.6) is 5.75 Å². The summed E-state index contributed by atoms with van der Waals surface area (Å²) >= 11 is 0. The van der Waals surface area contributed by atoms with Crippen molar-refractivity contribution in [3.05, 3.63) is 48.0 Å². The van der Waals surface area contributed by atoms with Crippen LogP contribution in [0.1, 0.15) is 5.56 Å². The zero-order chi connectivity index (χ0) is 15.5. The quantitative estimate of drug-likeness (QED) is 0.840. The first-order valence-electron chi connectivity index (χ1n) is 5.93. The van der Waals surface area contributed by atoms with Crippen molar-refractivity contribution in [3.63, 3.8) is 0 Å². The number of benzene rings is 2. The number of rotatable bonds is 4. The highest BCUT2D eigenvalue weighted by Gasteiger charge is 2.17.